The second-order valence-electron chi connectivity index (χ2n) is 17.0. The van der Waals surface area contributed by atoms with E-state index in [2.05, 4.69) is 12.7 Å². The summed E-state index contributed by atoms with van der Waals surface area (Å²) in [5.41, 5.74) is 4.48. The fourth-order valence-electron chi connectivity index (χ4n) is 10.0. The molecule has 1 saturated carbocycles. The lowest BCUT2D eigenvalue weighted by Gasteiger charge is -2.59. The summed E-state index contributed by atoms with van der Waals surface area (Å²) in [6.45, 7) is 4.58. The van der Waals surface area contributed by atoms with Gasteiger partial charge in [-0.15, -0.1) is 18.2 Å². The molecule has 2 aliphatic carbocycles. The molecule has 0 aromatic heterocycles. The number of carbonyl (C=O) groups excluding carboxylic acids is 1. The van der Waals surface area contributed by atoms with Crippen molar-refractivity contribution in [1.29, 1.82) is 0 Å². The van der Waals surface area contributed by atoms with Gasteiger partial charge in [0.05, 0.1) is 24.1 Å². The van der Waals surface area contributed by atoms with E-state index in [9.17, 15) is 19.4 Å². The Hall–Kier alpha value is -5.60. The van der Waals surface area contributed by atoms with E-state index in [0.29, 0.717) is 47.1 Å². The Labute approximate surface area is 390 Å². The van der Waals surface area contributed by atoms with Crippen LogP contribution in [0.1, 0.15) is 73.1 Å². The Morgan fingerprint density at radius 2 is 1.68 bits per heavy atom. The third kappa shape index (κ3) is 10.3. The lowest BCUT2D eigenvalue weighted by molar-refractivity contribution is -0.256. The van der Waals surface area contributed by atoms with Gasteiger partial charge >= 0.3 is 6.09 Å². The number of hydrogen-bond donors (Lipinski definition) is 2. The second kappa shape index (κ2) is 22.3. The molecule has 2 aliphatic heterocycles. The number of halogens is 2. The van der Waals surface area contributed by atoms with E-state index in [1.54, 1.807) is 29.2 Å². The molecule has 350 valence electrons. The van der Waals surface area contributed by atoms with Crippen LogP contribution in [0.2, 0.25) is 0 Å². The molecule has 2 heterocycles. The van der Waals surface area contributed by atoms with E-state index in [-0.39, 0.29) is 88.9 Å². The molecule has 1 amide bonds. The van der Waals surface area contributed by atoms with E-state index in [0.717, 1.165) is 47.9 Å². The highest BCUT2D eigenvalue weighted by Crippen LogP contribution is 2.62. The number of hydrogen-bond acceptors (Lipinski definition) is 11. The summed E-state index contributed by atoms with van der Waals surface area (Å²) in [6.07, 6.45) is 7.78. The molecule has 8 rings (SSSR count). The number of allylic oxidation sites excluding steroid dienone is 1. The Bertz CT molecular complexity index is 2350. The van der Waals surface area contributed by atoms with Crippen molar-refractivity contribution in [3.05, 3.63) is 143 Å². The zero-order valence-electron chi connectivity index (χ0n) is 37.0. The number of aliphatic hydroxyl groups excluding tert-OH is 2. The topological polar surface area (TPSA) is 138 Å². The Morgan fingerprint density at radius 1 is 0.909 bits per heavy atom. The van der Waals surface area contributed by atoms with Crippen LogP contribution in [0.25, 0.3) is 0 Å². The zero-order valence-corrected chi connectivity index (χ0v) is 37.8. The molecule has 0 saturated heterocycles. The van der Waals surface area contributed by atoms with Crippen molar-refractivity contribution in [2.45, 2.75) is 82.5 Å². The summed E-state index contributed by atoms with van der Waals surface area (Å²) < 4.78 is 52.9. The predicted molar refractivity (Wildman–Crippen MR) is 247 cm³/mol. The first kappa shape index (κ1) is 46.9. The smallest absolute Gasteiger partial charge is 0.410 e. The number of amides is 1. The van der Waals surface area contributed by atoms with Crippen LogP contribution in [0.4, 0.5) is 9.18 Å². The summed E-state index contributed by atoms with van der Waals surface area (Å²) in [5, 5.41) is 24.9. The van der Waals surface area contributed by atoms with E-state index < -0.39 is 23.8 Å². The fourth-order valence-corrected chi connectivity index (χ4v) is 10.1. The number of carbonyl (C=O) groups is 1. The molecular weight excluding hydrogens is 867 g/mol. The largest absolute Gasteiger partial charge is 0.489 e. The van der Waals surface area contributed by atoms with Crippen molar-refractivity contribution in [3.63, 3.8) is 0 Å². The fraction of sp³-hybridized carbons (Fsp3) is 0.423. The van der Waals surface area contributed by atoms with Crippen molar-refractivity contribution in [2.24, 2.45) is 22.9 Å². The van der Waals surface area contributed by atoms with Crippen LogP contribution in [0.3, 0.4) is 0 Å². The van der Waals surface area contributed by atoms with Gasteiger partial charge in [0.25, 0.3) is 0 Å². The Balaban J connectivity index is 1.32. The molecule has 2 N–H and O–H groups in total. The molecule has 12 nitrogen and oxygen atoms in total. The number of nitrogens with zero attached hydrogens (tertiary/aromatic N) is 2. The van der Waals surface area contributed by atoms with Gasteiger partial charge in [-0.25, -0.2) is 9.18 Å². The van der Waals surface area contributed by atoms with Crippen molar-refractivity contribution in [2.75, 3.05) is 39.1 Å². The number of aliphatic hydroxyl groups is 2. The maximum absolute atomic E-state index is 14.8. The molecule has 0 bridgehead atoms. The Morgan fingerprint density at radius 3 is 2.47 bits per heavy atom. The maximum Gasteiger partial charge on any atom is 0.410 e. The highest BCUT2D eigenvalue weighted by molar-refractivity contribution is 6.18. The number of oxime groups is 1. The van der Waals surface area contributed by atoms with Gasteiger partial charge in [-0.05, 0) is 90.6 Å². The molecule has 66 heavy (non-hydrogen) atoms. The lowest BCUT2D eigenvalue weighted by Crippen LogP contribution is -2.70. The van der Waals surface area contributed by atoms with E-state index in [1.807, 2.05) is 66.7 Å². The molecule has 0 radical (unpaired) electrons. The predicted octanol–water partition coefficient (Wildman–Crippen LogP) is 9.84. The van der Waals surface area contributed by atoms with Crippen LogP contribution in [0.15, 0.2) is 120 Å². The summed E-state index contributed by atoms with van der Waals surface area (Å²) in [5.74, 6) is -0.506. The molecular formula is C52H58ClFN2O10. The lowest BCUT2D eigenvalue weighted by atomic mass is 9.55. The van der Waals surface area contributed by atoms with Crippen LogP contribution in [-0.2, 0) is 34.1 Å². The summed E-state index contributed by atoms with van der Waals surface area (Å²) in [4.78, 5) is 22.6. The van der Waals surface area contributed by atoms with Gasteiger partial charge in [0, 0.05) is 43.2 Å². The van der Waals surface area contributed by atoms with Crippen LogP contribution in [0, 0.1) is 23.6 Å². The minimum atomic E-state index is -1.55. The first-order chi connectivity index (χ1) is 32.4. The monoisotopic (exact) mass is 924 g/mol. The van der Waals surface area contributed by atoms with E-state index >= 15 is 0 Å². The number of unbranched alkanes of at least 4 members (excludes halogenated alkanes) is 2. The minimum absolute atomic E-state index is 0.00633. The van der Waals surface area contributed by atoms with Crippen LogP contribution >= 0.6 is 11.6 Å². The first-order valence-electron chi connectivity index (χ1n) is 22.9. The third-order valence-electron chi connectivity index (χ3n) is 12.9. The average Bonchev–Trinajstić information content (AvgIpc) is 3.81. The number of fused-ring (bicyclic) bond motifs is 3. The van der Waals surface area contributed by atoms with Crippen LogP contribution < -0.4 is 18.9 Å². The summed E-state index contributed by atoms with van der Waals surface area (Å²) in [7, 11) is 0. The molecule has 0 spiro atoms. The van der Waals surface area contributed by atoms with Crippen LogP contribution in [0.5, 0.6) is 23.0 Å². The minimum Gasteiger partial charge on any atom is -0.489 e. The van der Waals surface area contributed by atoms with Gasteiger partial charge in [-0.1, -0.05) is 84.7 Å². The van der Waals surface area contributed by atoms with Gasteiger partial charge in [-0.3, -0.25) is 4.90 Å². The quantitative estimate of drug-likeness (QED) is 0.0339. The summed E-state index contributed by atoms with van der Waals surface area (Å²) >= 11 is 6.14. The average molecular weight is 925 g/mol. The standard InChI is InChI=1S/C52H58ClFN2O10/c1-2-25-64-52-48(56(51(59)60-26-22-53)31-36-18-20-46-47(27-36)63-34-62-46)30-44(55-65-32-35-12-4-3-5-13-35)41-28-37(14-8-10-23-57)40(16-9-11-24-58)49(50(41)52)42-29-39(19-21-45(42)66-52)61-33-38-15-6-7-17-43(38)54/h2-7,12-13,15,17-21,27-29,37,40,48-50,57-58H,1,8-11,14,16,22-26,30-34H2. The van der Waals surface area contributed by atoms with Crippen molar-refractivity contribution >= 4 is 23.4 Å². The van der Waals surface area contributed by atoms with Crippen molar-refractivity contribution in [3.8, 4) is 23.0 Å². The number of ether oxygens (including phenoxy) is 6. The molecule has 4 aromatic carbocycles. The third-order valence-corrected chi connectivity index (χ3v) is 13.1. The highest BCUT2D eigenvalue weighted by atomic mass is 35.5. The molecule has 6 unspecified atom stereocenters. The van der Waals surface area contributed by atoms with Gasteiger partial charge in [-0.2, -0.15) is 0 Å². The zero-order chi connectivity index (χ0) is 45.9. The number of alkyl halides is 1. The number of benzene rings is 4. The Kier molecular flexibility index (Phi) is 15.8. The van der Waals surface area contributed by atoms with E-state index in [1.165, 1.54) is 6.07 Å². The highest BCUT2D eigenvalue weighted by Gasteiger charge is 2.65. The van der Waals surface area contributed by atoms with Crippen LogP contribution in [-0.4, -0.2) is 77.8 Å². The van der Waals surface area contributed by atoms with Gasteiger partial charge < -0.3 is 43.5 Å². The van der Waals surface area contributed by atoms with E-state index in [4.69, 9.17) is 50.0 Å². The first-order valence-corrected chi connectivity index (χ1v) is 23.4. The second-order valence-corrected chi connectivity index (χ2v) is 17.4. The van der Waals surface area contributed by atoms with Crippen molar-refractivity contribution in [1.82, 2.24) is 4.90 Å². The molecule has 6 atom stereocenters. The van der Waals surface area contributed by atoms with Gasteiger partial charge in [0.2, 0.25) is 12.6 Å². The molecule has 4 aliphatic rings. The van der Waals surface area contributed by atoms with Gasteiger partial charge in [0.1, 0.15) is 43.2 Å². The van der Waals surface area contributed by atoms with Gasteiger partial charge in [0.15, 0.2) is 11.5 Å². The van der Waals surface area contributed by atoms with Crippen molar-refractivity contribution < 1.29 is 52.7 Å². The molecule has 4 aromatic rings. The number of rotatable bonds is 22. The normalized spacial score (nSPS) is 22.9. The molecule has 1 fully saturated rings. The molecule has 14 heteroatoms. The maximum atomic E-state index is 14.8. The summed E-state index contributed by atoms with van der Waals surface area (Å²) in [6, 6.07) is 26.7. The SMILES string of the molecule is C=CCOC12Oc3ccc(OCc4ccccc4F)cc3C3C(CCCCO)C(CCCCO)C=C(C(=NOCc4ccccc4)CC1N(Cc1ccc4c(c1)OCO4)C(=O)OCCCl)C32.